The maximum atomic E-state index is 12.8. The number of hydrogen-bond donors (Lipinski definition) is 1. The molecule has 0 saturated carbocycles. The Balaban J connectivity index is 2.24. The lowest BCUT2D eigenvalue weighted by atomic mass is 10.1. The summed E-state index contributed by atoms with van der Waals surface area (Å²) in [5.41, 5.74) is -0.443. The zero-order valence-electron chi connectivity index (χ0n) is 11.9. The van der Waals surface area contributed by atoms with Gasteiger partial charge in [-0.3, -0.25) is 0 Å². The van der Waals surface area contributed by atoms with Crippen LogP contribution in [0.5, 0.6) is 5.75 Å². The van der Waals surface area contributed by atoms with Crippen LogP contribution in [0.15, 0.2) is 24.4 Å². The molecule has 0 spiro atoms. The van der Waals surface area contributed by atoms with E-state index in [0.717, 1.165) is 17.0 Å². The lowest BCUT2D eigenvalue weighted by Crippen LogP contribution is -2.11. The zero-order chi connectivity index (χ0) is 16.3. The number of halogens is 4. The highest BCUT2D eigenvalue weighted by Gasteiger charge is 2.31. The first kappa shape index (κ1) is 16.9. The van der Waals surface area contributed by atoms with Crippen molar-refractivity contribution in [3.8, 4) is 5.75 Å². The number of nitrogens with zero attached hydrogens (tertiary/aromatic N) is 1. The van der Waals surface area contributed by atoms with E-state index in [1.165, 1.54) is 17.4 Å². The van der Waals surface area contributed by atoms with Gasteiger partial charge in [-0.25, -0.2) is 4.98 Å². The number of ether oxygens (including phenoxy) is 1. The predicted molar refractivity (Wildman–Crippen MR) is 81.7 cm³/mol. The fourth-order valence-electron chi connectivity index (χ4n) is 1.75. The van der Waals surface area contributed by atoms with Crippen molar-refractivity contribution in [3.05, 3.63) is 39.3 Å². The second-order valence-corrected chi connectivity index (χ2v) is 6.51. The van der Waals surface area contributed by atoms with Crippen LogP contribution in [-0.2, 0) is 12.7 Å². The number of nitrogens with one attached hydrogen (secondary N) is 1. The molecule has 0 saturated heterocycles. The topological polar surface area (TPSA) is 34.1 Å². The van der Waals surface area contributed by atoms with Crippen LogP contribution in [0.25, 0.3) is 0 Å². The third kappa shape index (κ3) is 4.51. The Bertz CT molecular complexity index is 643. The van der Waals surface area contributed by atoms with E-state index in [1.54, 1.807) is 6.20 Å². The molecule has 1 aromatic carbocycles. The van der Waals surface area contributed by atoms with E-state index in [9.17, 15) is 13.2 Å². The number of rotatable bonds is 5. The molecule has 0 aliphatic rings. The molecule has 3 nitrogen and oxygen atoms in total. The number of hydrogen-bond acceptors (Lipinski definition) is 4. The van der Waals surface area contributed by atoms with Gasteiger partial charge in [0.05, 0.1) is 23.9 Å². The van der Waals surface area contributed by atoms with Gasteiger partial charge in [0.2, 0.25) is 0 Å². The minimum atomic E-state index is -4.40. The lowest BCUT2D eigenvalue weighted by molar-refractivity contribution is -0.137. The molecule has 1 N–H and O–H groups in total. The summed E-state index contributed by atoms with van der Waals surface area (Å²) in [6, 6.07) is 3.37. The minimum absolute atomic E-state index is 0.143. The summed E-state index contributed by atoms with van der Waals surface area (Å²) in [4.78, 5) is 4.71. The average Bonchev–Trinajstić information content (AvgIpc) is 2.81. The zero-order valence-corrected chi connectivity index (χ0v) is 13.4. The second kappa shape index (κ2) is 6.75. The molecular weight excluding hydrogens is 337 g/mol. The molecule has 2 rings (SSSR count). The highest BCUT2D eigenvalue weighted by Crippen LogP contribution is 2.35. The van der Waals surface area contributed by atoms with Crippen LogP contribution in [0, 0.1) is 0 Å². The molecule has 22 heavy (non-hydrogen) atoms. The number of benzene rings is 1. The first-order valence-corrected chi connectivity index (χ1v) is 7.67. The number of aromatic nitrogens is 1. The van der Waals surface area contributed by atoms with Crippen molar-refractivity contribution in [2.75, 3.05) is 5.32 Å². The van der Waals surface area contributed by atoms with E-state index < -0.39 is 11.7 Å². The molecule has 0 amide bonds. The van der Waals surface area contributed by atoms with Crippen LogP contribution in [-0.4, -0.2) is 11.1 Å². The smallest absolute Gasteiger partial charge is 0.416 e. The van der Waals surface area contributed by atoms with Gasteiger partial charge in [-0.1, -0.05) is 11.6 Å². The third-order valence-corrected chi connectivity index (χ3v) is 3.76. The van der Waals surface area contributed by atoms with E-state index in [-0.39, 0.29) is 11.8 Å². The van der Waals surface area contributed by atoms with Crippen molar-refractivity contribution in [1.82, 2.24) is 4.98 Å². The summed E-state index contributed by atoms with van der Waals surface area (Å²) in [6.45, 7) is 3.94. The molecule has 0 aliphatic heterocycles. The van der Waals surface area contributed by atoms with Gasteiger partial charge < -0.3 is 10.1 Å². The predicted octanol–water partition coefficient (Wildman–Crippen LogP) is 5.21. The van der Waals surface area contributed by atoms with Gasteiger partial charge in [0.15, 0.2) is 4.47 Å². The molecule has 1 heterocycles. The van der Waals surface area contributed by atoms with Crippen molar-refractivity contribution in [3.63, 3.8) is 0 Å². The highest BCUT2D eigenvalue weighted by atomic mass is 35.5. The second-order valence-electron chi connectivity index (χ2n) is 4.81. The maximum Gasteiger partial charge on any atom is 0.416 e. The van der Waals surface area contributed by atoms with Crippen molar-refractivity contribution < 1.29 is 17.9 Å². The SMILES string of the molecule is CC(C)Oc1ccc(C(F)(F)F)cc1NCc1cnc(Cl)s1. The largest absolute Gasteiger partial charge is 0.489 e. The molecule has 0 aliphatic carbocycles. The Labute approximate surface area is 135 Å². The van der Waals surface area contributed by atoms with Gasteiger partial charge in [0.25, 0.3) is 0 Å². The lowest BCUT2D eigenvalue weighted by Gasteiger charge is -2.17. The van der Waals surface area contributed by atoms with Crippen LogP contribution in [0.2, 0.25) is 4.47 Å². The van der Waals surface area contributed by atoms with E-state index in [2.05, 4.69) is 10.3 Å². The monoisotopic (exact) mass is 350 g/mol. The first-order valence-electron chi connectivity index (χ1n) is 6.47. The van der Waals surface area contributed by atoms with Gasteiger partial charge in [-0.2, -0.15) is 13.2 Å². The van der Waals surface area contributed by atoms with Crippen molar-refractivity contribution in [2.45, 2.75) is 32.7 Å². The molecule has 1 aromatic heterocycles. The van der Waals surface area contributed by atoms with Crippen molar-refractivity contribution in [1.29, 1.82) is 0 Å². The minimum Gasteiger partial charge on any atom is -0.489 e. The molecule has 0 bridgehead atoms. The van der Waals surface area contributed by atoms with Crippen LogP contribution in [0.4, 0.5) is 18.9 Å². The molecule has 0 radical (unpaired) electrons. The fourth-order valence-corrected chi connectivity index (χ4v) is 2.67. The quantitative estimate of drug-likeness (QED) is 0.803. The van der Waals surface area contributed by atoms with Crippen LogP contribution >= 0.6 is 22.9 Å². The molecule has 2 aromatic rings. The Morgan fingerprint density at radius 2 is 2.09 bits per heavy atom. The van der Waals surface area contributed by atoms with Crippen molar-refractivity contribution >= 4 is 28.6 Å². The van der Waals surface area contributed by atoms with Gasteiger partial charge in [-0.15, -0.1) is 11.3 Å². The number of anilines is 1. The summed E-state index contributed by atoms with van der Waals surface area (Å²) >= 11 is 7.00. The first-order chi connectivity index (χ1) is 10.3. The summed E-state index contributed by atoms with van der Waals surface area (Å²) in [6.07, 6.45) is -2.97. The molecule has 0 fully saturated rings. The van der Waals surface area contributed by atoms with Crippen LogP contribution in [0.1, 0.15) is 24.3 Å². The Morgan fingerprint density at radius 1 is 1.36 bits per heavy atom. The van der Waals surface area contributed by atoms with Gasteiger partial charge in [0.1, 0.15) is 5.75 Å². The molecule has 0 unspecified atom stereocenters. The normalized spacial score (nSPS) is 11.8. The molecule has 8 heteroatoms. The molecule has 0 atom stereocenters. The fraction of sp³-hybridized carbons (Fsp3) is 0.357. The van der Waals surface area contributed by atoms with Crippen molar-refractivity contribution in [2.24, 2.45) is 0 Å². The summed E-state index contributed by atoms with van der Waals surface area (Å²) in [7, 11) is 0. The number of thiazole rings is 1. The molecule has 120 valence electrons. The summed E-state index contributed by atoms with van der Waals surface area (Å²) < 4.78 is 44.4. The Hall–Kier alpha value is -1.47. The average molecular weight is 351 g/mol. The Morgan fingerprint density at radius 3 is 2.64 bits per heavy atom. The van der Waals surface area contributed by atoms with Crippen LogP contribution in [0.3, 0.4) is 0 Å². The van der Waals surface area contributed by atoms with Gasteiger partial charge in [0, 0.05) is 11.1 Å². The van der Waals surface area contributed by atoms with E-state index in [4.69, 9.17) is 16.3 Å². The van der Waals surface area contributed by atoms with Crippen LogP contribution < -0.4 is 10.1 Å². The summed E-state index contributed by atoms with van der Waals surface area (Å²) in [5.74, 6) is 0.374. The molecular formula is C14H14ClF3N2OS. The summed E-state index contributed by atoms with van der Waals surface area (Å²) in [5, 5.41) is 2.95. The highest BCUT2D eigenvalue weighted by molar-refractivity contribution is 7.15. The van der Waals surface area contributed by atoms with E-state index in [0.29, 0.717) is 16.8 Å². The van der Waals surface area contributed by atoms with E-state index in [1.807, 2.05) is 13.8 Å². The standard InChI is InChI=1S/C14H14ClF3N2OS/c1-8(2)21-12-4-3-9(14(16,17)18)5-11(12)19-6-10-7-20-13(15)22-10/h3-5,7-8,19H,6H2,1-2H3. The van der Waals surface area contributed by atoms with Gasteiger partial charge in [-0.05, 0) is 32.0 Å². The number of alkyl halides is 3. The third-order valence-electron chi connectivity index (χ3n) is 2.65. The maximum absolute atomic E-state index is 12.8. The Kier molecular flexibility index (Phi) is 5.18. The van der Waals surface area contributed by atoms with E-state index >= 15 is 0 Å². The van der Waals surface area contributed by atoms with Gasteiger partial charge >= 0.3 is 6.18 Å².